The van der Waals surface area contributed by atoms with Gasteiger partial charge in [-0.1, -0.05) is 0 Å². The second kappa shape index (κ2) is 3.43. The summed E-state index contributed by atoms with van der Waals surface area (Å²) in [6, 6.07) is 1.54. The van der Waals surface area contributed by atoms with Crippen LogP contribution in [0.1, 0.15) is 12.2 Å². The third-order valence-corrected chi connectivity index (χ3v) is 1.26. The third kappa shape index (κ3) is 1.98. The molecule has 1 aromatic heterocycles. The van der Waals surface area contributed by atoms with Crippen LogP contribution < -0.4 is 5.73 Å². The van der Waals surface area contributed by atoms with Gasteiger partial charge >= 0.3 is 6.55 Å². The summed E-state index contributed by atoms with van der Waals surface area (Å²) < 4.78 is 24.4. The number of hydrogen-bond donors (Lipinski definition) is 1. The highest BCUT2D eigenvalue weighted by Gasteiger charge is 2.05. The monoisotopic (exact) mass is 161 g/mol. The minimum absolute atomic E-state index is 0.431. The largest absolute Gasteiger partial charge is 0.333 e. The van der Waals surface area contributed by atoms with Crippen molar-refractivity contribution in [2.45, 2.75) is 13.0 Å². The molecular weight excluding hydrogens is 152 g/mol. The second-order valence-corrected chi connectivity index (χ2v) is 2.10. The van der Waals surface area contributed by atoms with E-state index in [1.165, 1.54) is 6.20 Å². The molecule has 0 saturated carbocycles. The maximum absolute atomic E-state index is 11.9. The highest BCUT2D eigenvalue weighted by atomic mass is 19.3. The van der Waals surface area contributed by atoms with E-state index < -0.39 is 6.55 Å². The van der Waals surface area contributed by atoms with E-state index >= 15 is 0 Å². The zero-order valence-corrected chi connectivity index (χ0v) is 5.87. The number of alkyl halides is 2. The van der Waals surface area contributed by atoms with Crippen molar-refractivity contribution in [2.24, 2.45) is 5.73 Å². The first-order valence-corrected chi connectivity index (χ1v) is 3.26. The molecule has 5 heteroatoms. The van der Waals surface area contributed by atoms with Crippen molar-refractivity contribution in [3.8, 4) is 0 Å². The fourth-order valence-electron chi connectivity index (χ4n) is 0.767. The van der Waals surface area contributed by atoms with Crippen LogP contribution in [-0.2, 0) is 6.42 Å². The van der Waals surface area contributed by atoms with Crippen LogP contribution in [0.15, 0.2) is 12.3 Å². The lowest BCUT2D eigenvalue weighted by Gasteiger charge is -1.95. The maximum atomic E-state index is 11.9. The predicted molar refractivity (Wildman–Crippen MR) is 36.2 cm³/mol. The molecule has 0 radical (unpaired) electrons. The van der Waals surface area contributed by atoms with Gasteiger partial charge in [-0.25, -0.2) is 4.68 Å². The minimum Gasteiger partial charge on any atom is -0.330 e. The van der Waals surface area contributed by atoms with Gasteiger partial charge in [0.15, 0.2) is 0 Å². The molecule has 1 aromatic rings. The lowest BCUT2D eigenvalue weighted by Crippen LogP contribution is -2.05. The van der Waals surface area contributed by atoms with Crippen LogP contribution in [0, 0.1) is 0 Å². The van der Waals surface area contributed by atoms with Crippen molar-refractivity contribution in [3.05, 3.63) is 18.0 Å². The first-order chi connectivity index (χ1) is 5.24. The number of hydrogen-bond acceptors (Lipinski definition) is 2. The Hall–Kier alpha value is -0.970. The molecular formula is C6H9F2N3. The zero-order chi connectivity index (χ0) is 8.27. The van der Waals surface area contributed by atoms with E-state index in [9.17, 15) is 8.78 Å². The molecule has 0 aliphatic heterocycles. The number of nitrogens with zero attached hydrogens (tertiary/aromatic N) is 2. The molecule has 62 valence electrons. The standard InChI is InChI=1S/C6H9F2N3/c7-6(8)11-4-2-5(10-11)1-3-9/h2,4,6H,1,3,9H2. The van der Waals surface area contributed by atoms with Crippen molar-refractivity contribution in [1.82, 2.24) is 9.78 Å². The molecule has 0 aliphatic rings. The van der Waals surface area contributed by atoms with Gasteiger partial charge in [-0.2, -0.15) is 13.9 Å². The smallest absolute Gasteiger partial charge is 0.330 e. The number of rotatable bonds is 3. The molecule has 0 aromatic carbocycles. The molecule has 0 atom stereocenters. The summed E-state index contributed by atoms with van der Waals surface area (Å²) in [7, 11) is 0. The quantitative estimate of drug-likeness (QED) is 0.711. The van der Waals surface area contributed by atoms with E-state index in [1.807, 2.05) is 0 Å². The first-order valence-electron chi connectivity index (χ1n) is 3.26. The van der Waals surface area contributed by atoms with Crippen LogP contribution in [0.2, 0.25) is 0 Å². The molecule has 3 nitrogen and oxygen atoms in total. The van der Waals surface area contributed by atoms with Gasteiger partial charge in [0.1, 0.15) is 0 Å². The zero-order valence-electron chi connectivity index (χ0n) is 5.87. The molecule has 0 unspecified atom stereocenters. The Kier molecular flexibility index (Phi) is 2.53. The van der Waals surface area contributed by atoms with E-state index in [-0.39, 0.29) is 0 Å². The van der Waals surface area contributed by atoms with E-state index in [0.29, 0.717) is 23.3 Å². The van der Waals surface area contributed by atoms with Gasteiger partial charge in [0.25, 0.3) is 0 Å². The third-order valence-electron chi connectivity index (χ3n) is 1.26. The Morgan fingerprint density at radius 2 is 2.36 bits per heavy atom. The number of aromatic nitrogens is 2. The summed E-state index contributed by atoms with van der Waals surface area (Å²) >= 11 is 0. The summed E-state index contributed by atoms with van der Waals surface area (Å²) in [6.45, 7) is -2.12. The van der Waals surface area contributed by atoms with Crippen LogP contribution in [0.3, 0.4) is 0 Å². The van der Waals surface area contributed by atoms with E-state index in [0.717, 1.165) is 0 Å². The van der Waals surface area contributed by atoms with E-state index in [2.05, 4.69) is 5.10 Å². The van der Waals surface area contributed by atoms with Crippen molar-refractivity contribution in [3.63, 3.8) is 0 Å². The molecule has 0 saturated heterocycles. The lowest BCUT2D eigenvalue weighted by molar-refractivity contribution is 0.0562. The van der Waals surface area contributed by atoms with Crippen molar-refractivity contribution >= 4 is 0 Å². The summed E-state index contributed by atoms with van der Waals surface area (Å²) in [6.07, 6.45) is 1.79. The minimum atomic E-state index is -2.55. The molecule has 1 heterocycles. The summed E-state index contributed by atoms with van der Waals surface area (Å²) in [5.74, 6) is 0. The average Bonchev–Trinajstić information content (AvgIpc) is 2.37. The summed E-state index contributed by atoms with van der Waals surface area (Å²) in [4.78, 5) is 0. The van der Waals surface area contributed by atoms with Crippen LogP contribution in [0.25, 0.3) is 0 Å². The summed E-state index contributed by atoms with van der Waals surface area (Å²) in [5.41, 5.74) is 5.81. The van der Waals surface area contributed by atoms with Crippen LogP contribution >= 0.6 is 0 Å². The Bertz CT molecular complexity index is 221. The SMILES string of the molecule is NCCc1ccn(C(F)F)n1. The Labute approximate surface area is 62.8 Å². The van der Waals surface area contributed by atoms with Crippen LogP contribution in [0.5, 0.6) is 0 Å². The fourth-order valence-corrected chi connectivity index (χ4v) is 0.767. The lowest BCUT2D eigenvalue weighted by atomic mass is 10.3. The molecule has 0 amide bonds. The average molecular weight is 161 g/mol. The van der Waals surface area contributed by atoms with Gasteiger partial charge < -0.3 is 5.73 Å². The Morgan fingerprint density at radius 1 is 1.64 bits per heavy atom. The predicted octanol–water partition coefficient (Wildman–Crippen LogP) is 0.779. The summed E-state index contributed by atoms with van der Waals surface area (Å²) in [5, 5.41) is 3.59. The molecule has 2 N–H and O–H groups in total. The topological polar surface area (TPSA) is 43.8 Å². The van der Waals surface area contributed by atoms with Crippen molar-refractivity contribution in [2.75, 3.05) is 6.54 Å². The van der Waals surface area contributed by atoms with E-state index in [4.69, 9.17) is 5.73 Å². The number of nitrogens with two attached hydrogens (primary N) is 1. The normalized spacial score (nSPS) is 10.9. The molecule has 0 bridgehead atoms. The van der Waals surface area contributed by atoms with Gasteiger partial charge in [-0.15, -0.1) is 0 Å². The molecule has 11 heavy (non-hydrogen) atoms. The number of halogens is 2. The van der Waals surface area contributed by atoms with Gasteiger partial charge in [0.05, 0.1) is 5.69 Å². The van der Waals surface area contributed by atoms with Crippen LogP contribution in [0.4, 0.5) is 8.78 Å². The maximum Gasteiger partial charge on any atom is 0.333 e. The molecule has 0 spiro atoms. The highest BCUT2D eigenvalue weighted by molar-refractivity contribution is 4.99. The Balaban J connectivity index is 2.66. The van der Waals surface area contributed by atoms with Gasteiger partial charge in [0, 0.05) is 12.6 Å². The van der Waals surface area contributed by atoms with Gasteiger partial charge in [-0.3, -0.25) is 0 Å². The van der Waals surface area contributed by atoms with Gasteiger partial charge in [0.2, 0.25) is 0 Å². The second-order valence-electron chi connectivity index (χ2n) is 2.10. The van der Waals surface area contributed by atoms with E-state index in [1.54, 1.807) is 6.07 Å². The molecule has 0 aliphatic carbocycles. The van der Waals surface area contributed by atoms with Crippen molar-refractivity contribution < 1.29 is 8.78 Å². The van der Waals surface area contributed by atoms with Crippen molar-refractivity contribution in [1.29, 1.82) is 0 Å². The highest BCUT2D eigenvalue weighted by Crippen LogP contribution is 2.08. The van der Waals surface area contributed by atoms with Crippen LogP contribution in [-0.4, -0.2) is 16.3 Å². The Morgan fingerprint density at radius 3 is 2.82 bits per heavy atom. The fraction of sp³-hybridized carbons (Fsp3) is 0.500. The molecule has 0 fully saturated rings. The first kappa shape index (κ1) is 8.13. The molecule has 1 rings (SSSR count). The van der Waals surface area contributed by atoms with Gasteiger partial charge in [-0.05, 0) is 12.6 Å².